The Morgan fingerprint density at radius 3 is 2.94 bits per heavy atom. The molecule has 0 amide bonds. The smallest absolute Gasteiger partial charge is 0.322 e. The van der Waals surface area contributed by atoms with Crippen molar-refractivity contribution in [3.63, 3.8) is 0 Å². The van der Waals surface area contributed by atoms with Crippen molar-refractivity contribution >= 4 is 17.7 Å². The molecule has 1 fully saturated rings. The summed E-state index contributed by atoms with van der Waals surface area (Å²) in [6, 6.07) is 9.85. The van der Waals surface area contributed by atoms with Crippen molar-refractivity contribution in [2.75, 3.05) is 19.0 Å². The molecule has 1 aromatic carbocycles. The van der Waals surface area contributed by atoms with Gasteiger partial charge >= 0.3 is 5.97 Å². The summed E-state index contributed by atoms with van der Waals surface area (Å²) in [5.74, 6) is 0.665. The van der Waals surface area contributed by atoms with Crippen LogP contribution in [-0.2, 0) is 14.3 Å². The molecule has 0 aliphatic carbocycles. The highest BCUT2D eigenvalue weighted by atomic mass is 32.2. The van der Waals surface area contributed by atoms with Crippen LogP contribution in [-0.4, -0.2) is 30.2 Å². The number of hydrogen-bond acceptors (Lipinski definition) is 4. The number of benzene rings is 1. The molecule has 1 aromatic rings. The zero-order valence-electron chi connectivity index (χ0n) is 9.80. The van der Waals surface area contributed by atoms with Crippen LogP contribution in [0.5, 0.6) is 0 Å². The second kappa shape index (κ2) is 6.07. The number of esters is 1. The minimum atomic E-state index is -0.244. The molecule has 92 valence electrons. The van der Waals surface area contributed by atoms with E-state index in [2.05, 4.69) is 0 Å². The van der Waals surface area contributed by atoms with Gasteiger partial charge in [-0.25, -0.2) is 0 Å². The molecule has 1 aliphatic heterocycles. The Bertz CT molecular complexity index is 366. The van der Waals surface area contributed by atoms with Gasteiger partial charge in [-0.15, -0.1) is 11.8 Å². The van der Waals surface area contributed by atoms with E-state index in [0.29, 0.717) is 13.2 Å². The van der Waals surface area contributed by atoms with E-state index in [4.69, 9.17) is 9.47 Å². The van der Waals surface area contributed by atoms with Crippen LogP contribution in [0.3, 0.4) is 0 Å². The second-order valence-corrected chi connectivity index (χ2v) is 4.99. The third kappa shape index (κ3) is 3.01. The van der Waals surface area contributed by atoms with E-state index in [1.807, 2.05) is 37.3 Å². The van der Waals surface area contributed by atoms with E-state index < -0.39 is 0 Å². The average molecular weight is 252 g/mol. The molecule has 4 heteroatoms. The van der Waals surface area contributed by atoms with Crippen LogP contribution in [0.1, 0.15) is 18.6 Å². The lowest BCUT2D eigenvalue weighted by Gasteiger charge is -2.29. The number of rotatable bonds is 3. The topological polar surface area (TPSA) is 35.5 Å². The minimum Gasteiger partial charge on any atom is -0.465 e. The second-order valence-electron chi connectivity index (χ2n) is 3.75. The van der Waals surface area contributed by atoms with Gasteiger partial charge in [0.25, 0.3) is 0 Å². The molecule has 0 saturated carbocycles. The maximum Gasteiger partial charge on any atom is 0.322 e. The van der Waals surface area contributed by atoms with Gasteiger partial charge in [-0.1, -0.05) is 30.3 Å². The molecule has 1 saturated heterocycles. The van der Waals surface area contributed by atoms with Gasteiger partial charge in [0.15, 0.2) is 0 Å². The Hall–Kier alpha value is -1.00. The first-order valence-corrected chi connectivity index (χ1v) is 6.82. The molecular weight excluding hydrogens is 236 g/mol. The molecule has 0 spiro atoms. The van der Waals surface area contributed by atoms with Crippen molar-refractivity contribution in [1.29, 1.82) is 0 Å². The van der Waals surface area contributed by atoms with Gasteiger partial charge in [0.1, 0.15) is 11.4 Å². The Balaban J connectivity index is 2.15. The number of ether oxygens (including phenoxy) is 2. The van der Waals surface area contributed by atoms with Gasteiger partial charge in [0.2, 0.25) is 0 Å². The Labute approximate surface area is 105 Å². The van der Waals surface area contributed by atoms with Crippen molar-refractivity contribution in [2.24, 2.45) is 0 Å². The molecule has 2 rings (SSSR count). The quantitative estimate of drug-likeness (QED) is 0.774. The maximum atomic E-state index is 11.9. The van der Waals surface area contributed by atoms with Gasteiger partial charge in [-0.2, -0.15) is 0 Å². The molecule has 0 N–H and O–H groups in total. The lowest BCUT2D eigenvalue weighted by Crippen LogP contribution is -2.33. The molecule has 0 bridgehead atoms. The van der Waals surface area contributed by atoms with Gasteiger partial charge in [-0.3, -0.25) is 4.79 Å². The predicted octanol–water partition coefficient (Wildman–Crippen LogP) is 2.42. The van der Waals surface area contributed by atoms with Crippen LogP contribution in [0.25, 0.3) is 0 Å². The third-order valence-electron chi connectivity index (χ3n) is 2.60. The zero-order valence-corrected chi connectivity index (χ0v) is 10.6. The van der Waals surface area contributed by atoms with E-state index in [1.165, 1.54) is 0 Å². The fourth-order valence-electron chi connectivity index (χ4n) is 1.85. The molecule has 1 aliphatic rings. The zero-order chi connectivity index (χ0) is 12.1. The third-order valence-corrected chi connectivity index (χ3v) is 3.80. The summed E-state index contributed by atoms with van der Waals surface area (Å²) < 4.78 is 10.8. The van der Waals surface area contributed by atoms with Gasteiger partial charge in [0.05, 0.1) is 13.2 Å². The van der Waals surface area contributed by atoms with Crippen LogP contribution in [0, 0.1) is 0 Å². The van der Waals surface area contributed by atoms with E-state index in [1.54, 1.807) is 11.8 Å². The van der Waals surface area contributed by atoms with Crippen molar-refractivity contribution < 1.29 is 14.3 Å². The normalized spacial score (nSPS) is 24.3. The van der Waals surface area contributed by atoms with Crippen LogP contribution < -0.4 is 0 Å². The summed E-state index contributed by atoms with van der Waals surface area (Å²) in [4.78, 5) is 11.9. The lowest BCUT2D eigenvalue weighted by atomic mass is 10.1. The number of hydrogen-bond donors (Lipinski definition) is 0. The van der Waals surface area contributed by atoms with Crippen LogP contribution >= 0.6 is 11.8 Å². The number of carbonyl (C=O) groups is 1. The molecule has 0 unspecified atom stereocenters. The highest BCUT2D eigenvalue weighted by Crippen LogP contribution is 2.34. The molecule has 0 aromatic heterocycles. The number of thioether (sulfide) groups is 1. The Morgan fingerprint density at radius 1 is 1.47 bits per heavy atom. The van der Waals surface area contributed by atoms with Gasteiger partial charge in [0, 0.05) is 5.75 Å². The van der Waals surface area contributed by atoms with Crippen molar-refractivity contribution in [1.82, 2.24) is 0 Å². The summed E-state index contributed by atoms with van der Waals surface area (Å²) in [5, 5.41) is -0.244. The van der Waals surface area contributed by atoms with Gasteiger partial charge < -0.3 is 9.47 Å². The fourth-order valence-corrected chi connectivity index (χ4v) is 2.92. The highest BCUT2D eigenvalue weighted by Gasteiger charge is 2.34. The summed E-state index contributed by atoms with van der Waals surface area (Å²) >= 11 is 1.61. The molecule has 2 atom stereocenters. The standard InChI is InChI=1S/C13H16O3S/c1-2-15-13(14)12-11(16-8-9-17-12)10-6-4-3-5-7-10/h3-7,11-12H,2,8-9H2,1H3/t11-,12+/m1/s1. The predicted molar refractivity (Wildman–Crippen MR) is 68.0 cm³/mol. The first-order valence-electron chi connectivity index (χ1n) is 5.77. The Kier molecular flexibility index (Phi) is 4.45. The lowest BCUT2D eigenvalue weighted by molar-refractivity contribution is -0.145. The van der Waals surface area contributed by atoms with Crippen LogP contribution in [0.2, 0.25) is 0 Å². The first-order chi connectivity index (χ1) is 8.33. The first kappa shape index (κ1) is 12.5. The van der Waals surface area contributed by atoms with Crippen LogP contribution in [0.4, 0.5) is 0 Å². The van der Waals surface area contributed by atoms with E-state index in [-0.39, 0.29) is 17.3 Å². The minimum absolute atomic E-state index is 0.175. The van der Waals surface area contributed by atoms with Crippen molar-refractivity contribution in [3.05, 3.63) is 35.9 Å². The SMILES string of the molecule is CCOC(=O)[C@H]1SCCO[C@@H]1c1ccccc1. The monoisotopic (exact) mass is 252 g/mol. The summed E-state index contributed by atoms with van der Waals surface area (Å²) in [7, 11) is 0. The molecular formula is C13H16O3S. The average Bonchev–Trinajstić information content (AvgIpc) is 2.40. The molecule has 1 heterocycles. The highest BCUT2D eigenvalue weighted by molar-refractivity contribution is 8.00. The van der Waals surface area contributed by atoms with Crippen LogP contribution in [0.15, 0.2) is 30.3 Å². The molecule has 3 nitrogen and oxygen atoms in total. The van der Waals surface area contributed by atoms with E-state index in [9.17, 15) is 4.79 Å². The maximum absolute atomic E-state index is 11.9. The van der Waals surface area contributed by atoms with E-state index in [0.717, 1.165) is 11.3 Å². The van der Waals surface area contributed by atoms with Crippen molar-refractivity contribution in [2.45, 2.75) is 18.3 Å². The fraction of sp³-hybridized carbons (Fsp3) is 0.462. The number of carbonyl (C=O) groups excluding carboxylic acids is 1. The summed E-state index contributed by atoms with van der Waals surface area (Å²) in [6.07, 6.45) is -0.186. The Morgan fingerprint density at radius 2 is 2.24 bits per heavy atom. The van der Waals surface area contributed by atoms with Gasteiger partial charge in [-0.05, 0) is 12.5 Å². The van der Waals surface area contributed by atoms with E-state index >= 15 is 0 Å². The largest absolute Gasteiger partial charge is 0.465 e. The summed E-state index contributed by atoms with van der Waals surface area (Å²) in [6.45, 7) is 2.92. The summed E-state index contributed by atoms with van der Waals surface area (Å²) in [5.41, 5.74) is 1.04. The molecule has 17 heavy (non-hydrogen) atoms. The van der Waals surface area contributed by atoms with Crippen molar-refractivity contribution in [3.8, 4) is 0 Å². The molecule has 0 radical (unpaired) electrons.